The van der Waals surface area contributed by atoms with E-state index in [4.69, 9.17) is 20.3 Å². The highest BCUT2D eigenvalue weighted by Crippen LogP contribution is 2.28. The molecule has 1 fully saturated rings. The zero-order valence-corrected chi connectivity index (χ0v) is 19.5. The number of benzene rings is 2. The van der Waals surface area contributed by atoms with Crippen LogP contribution in [0.4, 0.5) is 0 Å². The standard InChI is InChI=1S/C26H34O8/c1-3-4-5-10-22(27)32-16-21-23(28)24(29)25(30)26(34-21)33-20-9-7-6-8-18(20)15-17-11-13-19(31-2)14-12-17/h6-9,11-14,21,23-26,28-30H,3-5,10,15-16H2,1-2H3/t21-,23-,24+,25-,26?/m1/s1/i10D/t10?,21-,23-,24+,25-,26?. The normalized spacial score (nSPS) is 25.8. The van der Waals surface area contributed by atoms with Crippen molar-refractivity contribution in [1.29, 1.82) is 0 Å². The number of methoxy groups -OCH3 is 1. The van der Waals surface area contributed by atoms with Gasteiger partial charge in [-0.25, -0.2) is 0 Å². The number of carbonyl (C=O) groups is 1. The number of hydrogen-bond donors (Lipinski definition) is 3. The van der Waals surface area contributed by atoms with E-state index < -0.39 is 43.1 Å². The molecule has 0 aliphatic carbocycles. The largest absolute Gasteiger partial charge is 0.497 e. The molecular weight excluding hydrogens is 440 g/mol. The van der Waals surface area contributed by atoms with Crippen molar-refractivity contribution in [3.8, 4) is 11.5 Å². The van der Waals surface area contributed by atoms with Crippen LogP contribution < -0.4 is 9.47 Å². The topological polar surface area (TPSA) is 115 Å². The van der Waals surface area contributed by atoms with Crippen LogP contribution in [-0.4, -0.2) is 65.7 Å². The Morgan fingerprint density at radius 1 is 1.03 bits per heavy atom. The molecule has 3 N–H and O–H groups in total. The van der Waals surface area contributed by atoms with Gasteiger partial charge in [0.15, 0.2) is 0 Å². The molecule has 0 radical (unpaired) electrons. The number of hydrogen-bond acceptors (Lipinski definition) is 8. The molecule has 34 heavy (non-hydrogen) atoms. The van der Waals surface area contributed by atoms with Crippen LogP contribution in [0.5, 0.6) is 11.5 Å². The lowest BCUT2D eigenvalue weighted by Crippen LogP contribution is -2.60. The molecule has 1 aliphatic heterocycles. The van der Waals surface area contributed by atoms with Crippen LogP contribution in [0.3, 0.4) is 0 Å². The Bertz CT molecular complexity index is 937. The molecule has 186 valence electrons. The number of aliphatic hydroxyl groups excluding tert-OH is 3. The molecule has 8 heteroatoms. The number of esters is 1. The van der Waals surface area contributed by atoms with Gasteiger partial charge in [-0.1, -0.05) is 50.1 Å². The van der Waals surface area contributed by atoms with Crippen molar-refractivity contribution in [2.75, 3.05) is 13.7 Å². The molecule has 0 aromatic heterocycles. The first kappa shape index (κ1) is 24.5. The third kappa shape index (κ3) is 6.93. The second-order valence-corrected chi connectivity index (χ2v) is 8.24. The van der Waals surface area contributed by atoms with Crippen LogP contribution in [0.2, 0.25) is 0 Å². The molecule has 8 nitrogen and oxygen atoms in total. The highest BCUT2D eigenvalue weighted by Gasteiger charge is 2.45. The average molecular weight is 476 g/mol. The third-order valence-corrected chi connectivity index (χ3v) is 5.70. The quantitative estimate of drug-likeness (QED) is 0.425. The Kier molecular flexibility index (Phi) is 9.15. The Labute approximate surface area is 201 Å². The summed E-state index contributed by atoms with van der Waals surface area (Å²) in [6, 6.07) is 14.8. The second kappa shape index (κ2) is 12.7. The Morgan fingerprint density at radius 2 is 1.76 bits per heavy atom. The van der Waals surface area contributed by atoms with Crippen molar-refractivity contribution in [2.45, 2.75) is 69.7 Å². The van der Waals surface area contributed by atoms with E-state index in [2.05, 4.69) is 0 Å². The number of unbranched alkanes of at least 4 members (excludes halogenated alkanes) is 1. The highest BCUT2D eigenvalue weighted by molar-refractivity contribution is 5.69. The number of carbonyl (C=O) groups excluding carboxylic acids is 1. The average Bonchev–Trinajstić information content (AvgIpc) is 2.88. The minimum atomic E-state index is -1.57. The lowest BCUT2D eigenvalue weighted by molar-refractivity contribution is -0.278. The van der Waals surface area contributed by atoms with Gasteiger partial charge in [0, 0.05) is 14.2 Å². The minimum Gasteiger partial charge on any atom is -0.497 e. The lowest BCUT2D eigenvalue weighted by atomic mass is 9.99. The van der Waals surface area contributed by atoms with Gasteiger partial charge in [0.2, 0.25) is 6.29 Å². The Hall–Kier alpha value is -2.65. The van der Waals surface area contributed by atoms with Gasteiger partial charge in [0.25, 0.3) is 0 Å². The minimum absolute atomic E-state index is 0.376. The van der Waals surface area contributed by atoms with Crippen LogP contribution in [0.1, 0.15) is 45.1 Å². The van der Waals surface area contributed by atoms with E-state index in [1.165, 1.54) is 0 Å². The fraction of sp³-hybridized carbons (Fsp3) is 0.500. The zero-order chi connectivity index (χ0) is 25.4. The van der Waals surface area contributed by atoms with Crippen LogP contribution >= 0.6 is 0 Å². The summed E-state index contributed by atoms with van der Waals surface area (Å²) in [6.07, 6.45) is -5.55. The summed E-state index contributed by atoms with van der Waals surface area (Å²) >= 11 is 0. The lowest BCUT2D eigenvalue weighted by Gasteiger charge is -2.40. The first-order chi connectivity index (χ1) is 16.8. The first-order valence-corrected chi connectivity index (χ1v) is 11.5. The summed E-state index contributed by atoms with van der Waals surface area (Å²) in [5, 5.41) is 31.2. The molecule has 1 saturated heterocycles. The first-order valence-electron chi connectivity index (χ1n) is 12.1. The third-order valence-electron chi connectivity index (χ3n) is 5.70. The van der Waals surface area contributed by atoms with E-state index >= 15 is 0 Å². The molecule has 1 heterocycles. The summed E-state index contributed by atoms with van der Waals surface area (Å²) in [6.45, 7) is 1.59. The van der Waals surface area contributed by atoms with Crippen LogP contribution in [0, 0.1) is 0 Å². The molecule has 2 aromatic carbocycles. The fourth-order valence-electron chi connectivity index (χ4n) is 3.65. The van der Waals surface area contributed by atoms with Crippen LogP contribution in [0.25, 0.3) is 0 Å². The maximum absolute atomic E-state index is 12.1. The van der Waals surface area contributed by atoms with Gasteiger partial charge in [-0.3, -0.25) is 4.79 Å². The molecule has 0 saturated carbocycles. The molecular formula is C26H34O8. The van der Waals surface area contributed by atoms with Gasteiger partial charge in [-0.05, 0) is 35.7 Å². The Balaban J connectivity index is 1.67. The molecule has 6 atom stereocenters. The van der Waals surface area contributed by atoms with Gasteiger partial charge in [-0.2, -0.15) is 0 Å². The predicted octanol–water partition coefficient (Wildman–Crippen LogP) is 2.60. The second-order valence-electron chi connectivity index (χ2n) is 8.24. The maximum Gasteiger partial charge on any atom is 0.305 e. The van der Waals surface area contributed by atoms with Gasteiger partial charge in [-0.15, -0.1) is 0 Å². The summed E-state index contributed by atoms with van der Waals surface area (Å²) in [7, 11) is 1.60. The maximum atomic E-state index is 12.1. The van der Waals surface area contributed by atoms with Crippen LogP contribution in [-0.2, 0) is 20.7 Å². The SMILES string of the molecule is [2H]C(CCCC)C(=O)OC[C@H]1OC(Oc2ccccc2Cc2ccc(OC)cc2)[C@H](O)[C@@H](O)[C@@H]1O. The van der Waals surface area contributed by atoms with E-state index in [-0.39, 0.29) is 6.61 Å². The van der Waals surface area contributed by atoms with E-state index in [0.717, 1.165) is 29.7 Å². The number of rotatable bonds is 11. The van der Waals surface area contributed by atoms with Gasteiger partial charge < -0.3 is 34.3 Å². The summed E-state index contributed by atoms with van der Waals surface area (Å²) in [5.74, 6) is 0.466. The molecule has 0 bridgehead atoms. The summed E-state index contributed by atoms with van der Waals surface area (Å²) < 4.78 is 29.8. The Morgan fingerprint density at radius 3 is 2.47 bits per heavy atom. The van der Waals surface area contributed by atoms with Crippen molar-refractivity contribution in [3.63, 3.8) is 0 Å². The van der Waals surface area contributed by atoms with Crippen molar-refractivity contribution in [2.24, 2.45) is 0 Å². The smallest absolute Gasteiger partial charge is 0.305 e. The van der Waals surface area contributed by atoms with E-state index in [1.54, 1.807) is 19.2 Å². The van der Waals surface area contributed by atoms with Gasteiger partial charge in [0.05, 0.1) is 7.11 Å². The molecule has 1 aliphatic rings. The van der Waals surface area contributed by atoms with E-state index in [0.29, 0.717) is 18.6 Å². The molecule has 0 amide bonds. The number of ether oxygens (including phenoxy) is 4. The van der Waals surface area contributed by atoms with Crippen molar-refractivity contribution in [1.82, 2.24) is 0 Å². The van der Waals surface area contributed by atoms with Crippen molar-refractivity contribution >= 4 is 5.97 Å². The molecule has 2 unspecified atom stereocenters. The monoisotopic (exact) mass is 475 g/mol. The van der Waals surface area contributed by atoms with Gasteiger partial charge >= 0.3 is 5.97 Å². The van der Waals surface area contributed by atoms with Crippen LogP contribution in [0.15, 0.2) is 48.5 Å². The van der Waals surface area contributed by atoms with E-state index in [9.17, 15) is 20.1 Å². The zero-order valence-electron chi connectivity index (χ0n) is 20.5. The summed E-state index contributed by atoms with van der Waals surface area (Å²) in [4.78, 5) is 12.1. The van der Waals surface area contributed by atoms with Crippen molar-refractivity contribution < 1.29 is 40.4 Å². The summed E-state index contributed by atoms with van der Waals surface area (Å²) in [5.41, 5.74) is 1.84. The van der Waals surface area contributed by atoms with E-state index in [1.807, 2.05) is 43.3 Å². The number of para-hydroxylation sites is 1. The molecule has 3 rings (SSSR count). The van der Waals surface area contributed by atoms with Crippen molar-refractivity contribution in [3.05, 3.63) is 59.7 Å². The molecule has 0 spiro atoms. The number of aliphatic hydroxyl groups is 3. The fourth-order valence-corrected chi connectivity index (χ4v) is 3.65. The highest BCUT2D eigenvalue weighted by atomic mass is 16.7. The molecule has 2 aromatic rings. The predicted molar refractivity (Wildman–Crippen MR) is 125 cm³/mol. The van der Waals surface area contributed by atoms with Gasteiger partial charge in [0.1, 0.15) is 42.5 Å².